The SMILES string of the molecule is C[C@H]1C[n+]2[nH]oc(=O)c2[C@@H](C(=O)[O-])O1. The Balaban J connectivity index is 2.51. The predicted molar refractivity (Wildman–Crippen MR) is 37.8 cm³/mol. The van der Waals surface area contributed by atoms with Gasteiger partial charge in [-0.2, -0.15) is 0 Å². The molecule has 7 nitrogen and oxygen atoms in total. The third-order valence-electron chi connectivity index (χ3n) is 2.02. The Kier molecular flexibility index (Phi) is 1.88. The molecule has 76 valence electrons. The first-order chi connectivity index (χ1) is 6.59. The number of hydrogen-bond donors (Lipinski definition) is 1. The number of aromatic nitrogens is 2. The number of aromatic amines is 1. The Morgan fingerprint density at radius 1 is 1.71 bits per heavy atom. The van der Waals surface area contributed by atoms with Crippen molar-refractivity contribution in [2.75, 3.05) is 0 Å². The minimum atomic E-state index is -1.45. The van der Waals surface area contributed by atoms with Crippen LogP contribution in [-0.2, 0) is 16.1 Å². The van der Waals surface area contributed by atoms with Crippen LogP contribution in [0, 0.1) is 0 Å². The molecule has 0 fully saturated rings. The topological polar surface area (TPSA) is 99.2 Å². The van der Waals surface area contributed by atoms with Crippen molar-refractivity contribution in [3.63, 3.8) is 0 Å². The largest absolute Gasteiger partial charge is 0.547 e. The summed E-state index contributed by atoms with van der Waals surface area (Å²) in [7, 11) is 0. The first-order valence-corrected chi connectivity index (χ1v) is 4.07. The molecule has 2 heterocycles. The molecule has 0 saturated heterocycles. The van der Waals surface area contributed by atoms with Crippen molar-refractivity contribution >= 4 is 5.97 Å². The maximum Gasteiger partial charge on any atom is 0.433 e. The molecule has 1 aromatic heterocycles. The van der Waals surface area contributed by atoms with Gasteiger partial charge in [0.15, 0.2) is 6.10 Å². The number of nitrogens with one attached hydrogen (secondary N) is 1. The standard InChI is InChI=1S/C7H8N2O5/c1-3-2-9-4(7(12)14-8-9)5(13-3)6(10)11/h3,5H,2H2,1H3,(H-,8,10,11,12)/t3-,5-/m0/s1. The summed E-state index contributed by atoms with van der Waals surface area (Å²) >= 11 is 0. The molecule has 1 aliphatic rings. The summed E-state index contributed by atoms with van der Waals surface area (Å²) in [6.07, 6.45) is -1.68. The molecule has 0 amide bonds. The zero-order valence-electron chi connectivity index (χ0n) is 7.35. The zero-order chi connectivity index (χ0) is 10.3. The number of ether oxygens (including phenoxy) is 1. The van der Waals surface area contributed by atoms with Crippen molar-refractivity contribution in [2.24, 2.45) is 0 Å². The van der Waals surface area contributed by atoms with Crippen LogP contribution in [0.3, 0.4) is 0 Å². The molecular formula is C7H8N2O5. The first kappa shape index (κ1) is 8.95. The van der Waals surface area contributed by atoms with Gasteiger partial charge in [0.1, 0.15) is 6.10 Å². The maximum absolute atomic E-state index is 11.1. The molecule has 0 aromatic carbocycles. The molecule has 7 heteroatoms. The fourth-order valence-electron chi connectivity index (χ4n) is 1.46. The van der Waals surface area contributed by atoms with Crippen LogP contribution in [0.25, 0.3) is 0 Å². The maximum atomic E-state index is 11.1. The molecular weight excluding hydrogens is 192 g/mol. The summed E-state index contributed by atoms with van der Waals surface area (Å²) in [6, 6.07) is 0. The molecule has 14 heavy (non-hydrogen) atoms. The van der Waals surface area contributed by atoms with E-state index in [9.17, 15) is 14.7 Å². The highest BCUT2D eigenvalue weighted by molar-refractivity contribution is 5.71. The lowest BCUT2D eigenvalue weighted by Gasteiger charge is -2.21. The van der Waals surface area contributed by atoms with E-state index in [0.29, 0.717) is 6.54 Å². The number of H-pyrrole nitrogens is 1. The Bertz CT molecular complexity index is 420. The molecule has 0 spiro atoms. The van der Waals surface area contributed by atoms with Crippen molar-refractivity contribution in [3.05, 3.63) is 16.1 Å². The van der Waals surface area contributed by atoms with Crippen molar-refractivity contribution in [3.8, 4) is 0 Å². The number of carbonyl (C=O) groups is 1. The second-order valence-electron chi connectivity index (χ2n) is 3.12. The van der Waals surface area contributed by atoms with Gasteiger partial charge in [-0.1, -0.05) is 4.68 Å². The van der Waals surface area contributed by atoms with Gasteiger partial charge >= 0.3 is 11.3 Å². The second kappa shape index (κ2) is 2.95. The molecule has 0 unspecified atom stereocenters. The van der Waals surface area contributed by atoms with Crippen LogP contribution < -0.4 is 15.4 Å². The van der Waals surface area contributed by atoms with Crippen LogP contribution in [0.4, 0.5) is 0 Å². The Morgan fingerprint density at radius 3 is 3.07 bits per heavy atom. The number of rotatable bonds is 1. The van der Waals surface area contributed by atoms with Crippen LogP contribution in [-0.4, -0.2) is 17.3 Å². The number of carboxylic acid groups (broad SMARTS) is 1. The van der Waals surface area contributed by atoms with E-state index < -0.39 is 17.7 Å². The van der Waals surface area contributed by atoms with Gasteiger partial charge in [-0.05, 0) is 12.2 Å². The molecule has 1 aliphatic heterocycles. The van der Waals surface area contributed by atoms with Crippen LogP contribution >= 0.6 is 0 Å². The molecule has 2 atom stereocenters. The average molecular weight is 200 g/mol. The summed E-state index contributed by atoms with van der Waals surface area (Å²) in [4.78, 5) is 21.8. The fourth-order valence-corrected chi connectivity index (χ4v) is 1.46. The predicted octanol–water partition coefficient (Wildman–Crippen LogP) is -2.53. The van der Waals surface area contributed by atoms with Gasteiger partial charge in [0.2, 0.25) is 6.54 Å². The second-order valence-corrected chi connectivity index (χ2v) is 3.12. The lowest BCUT2D eigenvalue weighted by Crippen LogP contribution is -2.54. The Labute approximate surface area is 77.8 Å². The Hall–Kier alpha value is -1.63. The number of nitrogens with zero attached hydrogens (tertiary/aromatic N) is 1. The normalized spacial score (nSPS) is 25.8. The van der Waals surface area contributed by atoms with Gasteiger partial charge in [0.25, 0.3) is 0 Å². The average Bonchev–Trinajstić information content (AvgIpc) is 2.46. The fraction of sp³-hybridized carbons (Fsp3) is 0.571. The molecule has 0 radical (unpaired) electrons. The summed E-state index contributed by atoms with van der Waals surface area (Å²) in [6.45, 7) is 2.04. The van der Waals surface area contributed by atoms with Crippen LogP contribution in [0.5, 0.6) is 0 Å². The quantitative estimate of drug-likeness (QED) is 0.504. The number of carboxylic acids is 1. The van der Waals surface area contributed by atoms with E-state index in [4.69, 9.17) is 4.74 Å². The number of carbonyl (C=O) groups excluding carboxylic acids is 1. The summed E-state index contributed by atoms with van der Waals surface area (Å²) in [5.74, 6) is -1.45. The molecule has 0 bridgehead atoms. The third kappa shape index (κ3) is 1.22. The van der Waals surface area contributed by atoms with Gasteiger partial charge in [-0.25, -0.2) is 4.79 Å². The van der Waals surface area contributed by atoms with E-state index >= 15 is 0 Å². The lowest BCUT2D eigenvalue weighted by atomic mass is 10.2. The van der Waals surface area contributed by atoms with Gasteiger partial charge < -0.3 is 14.6 Å². The lowest BCUT2D eigenvalue weighted by molar-refractivity contribution is -0.785. The van der Waals surface area contributed by atoms with Crippen LogP contribution in [0.15, 0.2) is 9.32 Å². The van der Waals surface area contributed by atoms with Crippen molar-refractivity contribution in [1.82, 2.24) is 5.27 Å². The van der Waals surface area contributed by atoms with E-state index in [1.165, 1.54) is 4.68 Å². The highest BCUT2D eigenvalue weighted by Crippen LogP contribution is 2.16. The monoisotopic (exact) mass is 200 g/mol. The van der Waals surface area contributed by atoms with Crippen molar-refractivity contribution in [1.29, 1.82) is 0 Å². The van der Waals surface area contributed by atoms with E-state index in [2.05, 4.69) is 9.79 Å². The van der Waals surface area contributed by atoms with Gasteiger partial charge in [0.05, 0.1) is 5.97 Å². The molecule has 1 N–H and O–H groups in total. The number of hydrogen-bond acceptors (Lipinski definition) is 5. The van der Waals surface area contributed by atoms with E-state index in [-0.39, 0.29) is 11.8 Å². The molecule has 0 saturated carbocycles. The first-order valence-electron chi connectivity index (χ1n) is 4.07. The van der Waals surface area contributed by atoms with E-state index in [0.717, 1.165) is 0 Å². The third-order valence-corrected chi connectivity index (χ3v) is 2.02. The minimum Gasteiger partial charge on any atom is -0.547 e. The van der Waals surface area contributed by atoms with E-state index in [1.54, 1.807) is 6.92 Å². The van der Waals surface area contributed by atoms with E-state index in [1.807, 2.05) is 0 Å². The summed E-state index contributed by atoms with van der Waals surface area (Å²) < 4.78 is 10.8. The van der Waals surface area contributed by atoms with Gasteiger partial charge in [-0.15, -0.1) is 0 Å². The smallest absolute Gasteiger partial charge is 0.433 e. The van der Waals surface area contributed by atoms with Crippen molar-refractivity contribution < 1.29 is 23.8 Å². The molecule has 2 rings (SSSR count). The minimum absolute atomic E-state index is 0.0666. The van der Waals surface area contributed by atoms with Crippen LogP contribution in [0.1, 0.15) is 18.7 Å². The molecule has 1 aromatic rings. The number of fused-ring (bicyclic) bond motifs is 1. The Morgan fingerprint density at radius 2 is 2.43 bits per heavy atom. The van der Waals surface area contributed by atoms with Crippen LogP contribution in [0.2, 0.25) is 0 Å². The summed E-state index contributed by atoms with van der Waals surface area (Å²) in [5, 5.41) is 13.0. The highest BCUT2D eigenvalue weighted by atomic mass is 16.5. The summed E-state index contributed by atoms with van der Waals surface area (Å²) in [5.41, 5.74) is -0.811. The molecule has 0 aliphatic carbocycles. The van der Waals surface area contributed by atoms with Gasteiger partial charge in [0, 0.05) is 0 Å². The zero-order valence-corrected chi connectivity index (χ0v) is 7.35. The highest BCUT2D eigenvalue weighted by Gasteiger charge is 2.39. The van der Waals surface area contributed by atoms with Crippen molar-refractivity contribution in [2.45, 2.75) is 25.7 Å². The number of aliphatic carboxylic acids is 1. The van der Waals surface area contributed by atoms with Gasteiger partial charge in [-0.3, -0.25) is 4.52 Å².